The Kier molecular flexibility index (Phi) is 4.65. The van der Waals surface area contributed by atoms with Crippen LogP contribution in [0.25, 0.3) is 5.78 Å². The molecule has 5 rings (SSSR count). The number of nitrogens with zero attached hydrogens (tertiary/aromatic N) is 4. The van der Waals surface area contributed by atoms with E-state index in [2.05, 4.69) is 32.3 Å². The maximum Gasteiger partial charge on any atom is 0.270 e. The van der Waals surface area contributed by atoms with Crippen LogP contribution in [-0.2, 0) is 13.0 Å². The zero-order chi connectivity index (χ0) is 20.9. The second-order valence-corrected chi connectivity index (χ2v) is 8.85. The predicted molar refractivity (Wildman–Crippen MR) is 114 cm³/mol. The van der Waals surface area contributed by atoms with Crippen molar-refractivity contribution in [2.75, 3.05) is 18.0 Å². The van der Waals surface area contributed by atoms with Crippen molar-refractivity contribution in [2.45, 2.75) is 38.9 Å². The summed E-state index contributed by atoms with van der Waals surface area (Å²) in [7, 11) is 0. The number of hydrogen-bond donors (Lipinski definition) is 1. The summed E-state index contributed by atoms with van der Waals surface area (Å²) in [5.74, 6) is 0.256. The highest BCUT2D eigenvalue weighted by molar-refractivity contribution is 6.30. The minimum absolute atomic E-state index is 0.206. The zero-order valence-corrected chi connectivity index (χ0v) is 17.5. The van der Waals surface area contributed by atoms with E-state index in [-0.39, 0.29) is 11.3 Å². The van der Waals surface area contributed by atoms with Gasteiger partial charge < -0.3 is 10.2 Å². The number of aryl methyl sites for hydroxylation is 1. The van der Waals surface area contributed by atoms with Crippen LogP contribution in [0.2, 0.25) is 5.02 Å². The Hall–Kier alpha value is -2.67. The molecule has 2 aromatic heterocycles. The standard InChI is InChI=1S/C22H23ClFN5O/c1-2-18-19(29-11-15(23)10-26-21(29)27-18)20(30)25-9-14-3-5-17(6-4-14)28-12-22(13-28)7-16(24)8-22/h3-6,10-11,16H,2,7-9,12-13H2,1H3,(H,25,30). The molecule has 1 N–H and O–H groups in total. The second kappa shape index (κ2) is 7.23. The number of aromatic nitrogens is 3. The van der Waals surface area contributed by atoms with Gasteiger partial charge in [-0.2, -0.15) is 0 Å². The summed E-state index contributed by atoms with van der Waals surface area (Å²) < 4.78 is 14.8. The zero-order valence-electron chi connectivity index (χ0n) is 16.7. The Morgan fingerprint density at radius 3 is 2.70 bits per heavy atom. The van der Waals surface area contributed by atoms with E-state index in [0.717, 1.165) is 24.3 Å². The minimum atomic E-state index is -0.605. The van der Waals surface area contributed by atoms with Crippen molar-refractivity contribution in [3.8, 4) is 0 Å². The SMILES string of the molecule is CCc1nc2ncc(Cl)cn2c1C(=O)NCc1ccc(N2CC3(CC(F)C3)C2)cc1. The van der Waals surface area contributed by atoms with Crippen LogP contribution >= 0.6 is 11.6 Å². The van der Waals surface area contributed by atoms with Gasteiger partial charge in [0.1, 0.15) is 11.9 Å². The maximum atomic E-state index is 13.2. The third-order valence-electron chi connectivity index (χ3n) is 6.19. The van der Waals surface area contributed by atoms with Gasteiger partial charge in [-0.1, -0.05) is 30.7 Å². The van der Waals surface area contributed by atoms with Crippen LogP contribution in [0.1, 0.15) is 41.5 Å². The fraction of sp³-hybridized carbons (Fsp3) is 0.409. The highest BCUT2D eigenvalue weighted by Crippen LogP contribution is 2.50. The first-order chi connectivity index (χ1) is 14.5. The van der Waals surface area contributed by atoms with Gasteiger partial charge in [-0.3, -0.25) is 9.20 Å². The molecule has 156 valence electrons. The van der Waals surface area contributed by atoms with Gasteiger partial charge in [0.05, 0.1) is 16.9 Å². The Morgan fingerprint density at radius 1 is 1.30 bits per heavy atom. The van der Waals surface area contributed by atoms with Crippen LogP contribution in [0, 0.1) is 5.41 Å². The highest BCUT2D eigenvalue weighted by Gasteiger charge is 2.52. The molecule has 1 spiro atoms. The third-order valence-corrected chi connectivity index (χ3v) is 6.38. The number of benzene rings is 1. The number of hydrogen-bond acceptors (Lipinski definition) is 4. The average Bonchev–Trinajstić information content (AvgIpc) is 3.06. The summed E-state index contributed by atoms with van der Waals surface area (Å²) in [5, 5.41) is 3.42. The van der Waals surface area contributed by atoms with Crippen molar-refractivity contribution in [3.63, 3.8) is 0 Å². The van der Waals surface area contributed by atoms with E-state index in [0.29, 0.717) is 48.0 Å². The molecule has 1 saturated carbocycles. The number of carbonyl (C=O) groups excluding carboxylic acids is 1. The van der Waals surface area contributed by atoms with Gasteiger partial charge >= 0.3 is 0 Å². The number of carbonyl (C=O) groups is 1. The smallest absolute Gasteiger partial charge is 0.270 e. The van der Waals surface area contributed by atoms with Crippen LogP contribution in [0.5, 0.6) is 0 Å². The van der Waals surface area contributed by atoms with Crippen LogP contribution in [0.15, 0.2) is 36.7 Å². The number of nitrogens with one attached hydrogen (secondary N) is 1. The van der Waals surface area contributed by atoms with Gasteiger partial charge in [-0.15, -0.1) is 0 Å². The van der Waals surface area contributed by atoms with Crippen molar-refractivity contribution in [3.05, 3.63) is 58.6 Å². The Morgan fingerprint density at radius 2 is 2.03 bits per heavy atom. The van der Waals surface area contributed by atoms with E-state index in [4.69, 9.17) is 11.6 Å². The number of alkyl halides is 1. The lowest BCUT2D eigenvalue weighted by atomic mass is 9.62. The van der Waals surface area contributed by atoms with E-state index < -0.39 is 6.17 Å². The number of rotatable bonds is 5. The average molecular weight is 428 g/mol. The molecule has 0 bridgehead atoms. The van der Waals surface area contributed by atoms with E-state index in [1.54, 1.807) is 10.6 Å². The molecule has 0 unspecified atom stereocenters. The number of imidazole rings is 1. The van der Waals surface area contributed by atoms with E-state index >= 15 is 0 Å². The molecule has 1 aliphatic carbocycles. The van der Waals surface area contributed by atoms with Gasteiger partial charge in [0, 0.05) is 36.9 Å². The van der Waals surface area contributed by atoms with Gasteiger partial charge in [-0.05, 0) is 37.0 Å². The Labute approximate surface area is 179 Å². The van der Waals surface area contributed by atoms with E-state index in [1.807, 2.05) is 19.1 Å². The van der Waals surface area contributed by atoms with Crippen molar-refractivity contribution < 1.29 is 9.18 Å². The quantitative estimate of drug-likeness (QED) is 0.672. The van der Waals surface area contributed by atoms with Crippen LogP contribution in [0.4, 0.5) is 10.1 Å². The fourth-order valence-electron chi connectivity index (χ4n) is 4.62. The summed E-state index contributed by atoms with van der Waals surface area (Å²) in [6, 6.07) is 8.17. The Bertz CT molecular complexity index is 1100. The molecule has 1 aromatic carbocycles. The van der Waals surface area contributed by atoms with Gasteiger partial charge in [0.25, 0.3) is 5.91 Å². The van der Waals surface area contributed by atoms with E-state index in [1.165, 1.54) is 6.20 Å². The van der Waals surface area contributed by atoms with E-state index in [9.17, 15) is 9.18 Å². The number of amides is 1. The number of fused-ring (bicyclic) bond motifs is 1. The summed E-state index contributed by atoms with van der Waals surface area (Å²) in [4.78, 5) is 23.8. The largest absolute Gasteiger partial charge is 0.370 e. The van der Waals surface area contributed by atoms with Crippen LogP contribution in [-0.4, -0.2) is 39.5 Å². The van der Waals surface area contributed by atoms with Crippen molar-refractivity contribution in [1.29, 1.82) is 0 Å². The lowest BCUT2D eigenvalue weighted by molar-refractivity contribution is 0.000855. The molecule has 30 heavy (non-hydrogen) atoms. The molecule has 3 aromatic rings. The van der Waals surface area contributed by atoms with Gasteiger partial charge in [0.15, 0.2) is 0 Å². The molecule has 2 fully saturated rings. The first-order valence-corrected chi connectivity index (χ1v) is 10.6. The van der Waals surface area contributed by atoms with Gasteiger partial charge in [0.2, 0.25) is 5.78 Å². The molecular weight excluding hydrogens is 405 g/mol. The Balaban J connectivity index is 1.24. The first-order valence-electron chi connectivity index (χ1n) is 10.2. The van der Waals surface area contributed by atoms with Crippen LogP contribution in [0.3, 0.4) is 0 Å². The molecule has 3 heterocycles. The van der Waals surface area contributed by atoms with Crippen molar-refractivity contribution in [2.24, 2.45) is 5.41 Å². The molecular formula is C22H23ClFN5O. The lowest BCUT2D eigenvalue weighted by Crippen LogP contribution is -2.63. The molecule has 1 saturated heterocycles. The summed E-state index contributed by atoms with van der Waals surface area (Å²) in [6.45, 7) is 4.25. The molecule has 6 nitrogen and oxygen atoms in total. The molecule has 0 atom stereocenters. The summed E-state index contributed by atoms with van der Waals surface area (Å²) in [6.07, 6.45) is 4.61. The normalized spacial score (nSPS) is 17.8. The first kappa shape index (κ1) is 19.3. The molecule has 1 aliphatic heterocycles. The number of halogens is 2. The predicted octanol–water partition coefficient (Wildman–Crippen LogP) is 3.81. The minimum Gasteiger partial charge on any atom is -0.370 e. The summed E-state index contributed by atoms with van der Waals surface area (Å²) in [5.41, 5.74) is 3.54. The molecule has 2 aliphatic rings. The highest BCUT2D eigenvalue weighted by atomic mass is 35.5. The lowest BCUT2D eigenvalue weighted by Gasteiger charge is -2.58. The van der Waals surface area contributed by atoms with Crippen molar-refractivity contribution in [1.82, 2.24) is 19.7 Å². The molecule has 0 radical (unpaired) electrons. The molecule has 8 heteroatoms. The second-order valence-electron chi connectivity index (χ2n) is 8.41. The third kappa shape index (κ3) is 3.31. The maximum absolute atomic E-state index is 13.2. The number of anilines is 1. The molecule has 1 amide bonds. The topological polar surface area (TPSA) is 62.5 Å². The van der Waals surface area contributed by atoms with Crippen LogP contribution < -0.4 is 10.2 Å². The van der Waals surface area contributed by atoms with Crippen molar-refractivity contribution >= 4 is 29.0 Å². The monoisotopic (exact) mass is 427 g/mol. The fourth-order valence-corrected chi connectivity index (χ4v) is 4.76. The van der Waals surface area contributed by atoms with Gasteiger partial charge in [-0.25, -0.2) is 14.4 Å². The summed E-state index contributed by atoms with van der Waals surface area (Å²) >= 11 is 6.05.